The summed E-state index contributed by atoms with van der Waals surface area (Å²) >= 11 is 0. The van der Waals surface area contributed by atoms with Crippen LogP contribution in [0.25, 0.3) is 144 Å². The van der Waals surface area contributed by atoms with E-state index >= 15 is 0 Å². The zero-order valence-corrected chi connectivity index (χ0v) is 42.0. The van der Waals surface area contributed by atoms with Gasteiger partial charge < -0.3 is 18.3 Å². The van der Waals surface area contributed by atoms with Gasteiger partial charge in [-0.1, -0.05) is 176 Å². The number of benzene rings is 11. The Labute approximate surface area is 443 Å². The van der Waals surface area contributed by atoms with E-state index in [2.05, 4.69) is 280 Å². The van der Waals surface area contributed by atoms with Crippen LogP contribution in [-0.4, -0.2) is 28.2 Å². The topological polar surface area (TPSA) is 45.5 Å². The summed E-state index contributed by atoms with van der Waals surface area (Å²) in [5, 5.41) is 9.57. The molecule has 0 spiro atoms. The molecule has 6 nitrogen and oxygen atoms in total. The van der Waals surface area contributed by atoms with Gasteiger partial charge >= 0.3 is 0 Å². The lowest BCUT2D eigenvalue weighted by Crippen LogP contribution is -2.02. The highest BCUT2D eigenvalue weighted by Crippen LogP contribution is 2.50. The summed E-state index contributed by atoms with van der Waals surface area (Å²) in [6, 6.07) is 94.1. The molecule has 360 valence electrons. The minimum absolute atomic E-state index is 0.678. The van der Waals surface area contributed by atoms with Crippen LogP contribution in [-0.2, 0) is 0 Å². The van der Waals surface area contributed by atoms with Gasteiger partial charge in [0.05, 0.1) is 55.5 Å². The summed E-state index contributed by atoms with van der Waals surface area (Å²) in [6.07, 6.45) is 0. The second-order valence-corrected chi connectivity index (χ2v) is 20.1. The summed E-state index contributed by atoms with van der Waals surface area (Å²) < 4.78 is 9.92. The lowest BCUT2D eigenvalue weighted by molar-refractivity contribution is 1.15. The molecular formula is C71H46N6. The van der Waals surface area contributed by atoms with Crippen molar-refractivity contribution in [2.45, 2.75) is 6.92 Å². The van der Waals surface area contributed by atoms with E-state index in [1.807, 2.05) is 6.07 Å². The lowest BCUT2D eigenvalue weighted by atomic mass is 9.94. The summed E-state index contributed by atoms with van der Waals surface area (Å²) in [7, 11) is 0. The minimum Gasteiger partial charge on any atom is -0.309 e. The van der Waals surface area contributed by atoms with E-state index in [4.69, 9.17) is 9.97 Å². The van der Waals surface area contributed by atoms with Crippen LogP contribution in [0.1, 0.15) is 5.56 Å². The Morgan fingerprint density at radius 2 is 0.727 bits per heavy atom. The fourth-order valence-electron chi connectivity index (χ4n) is 12.7. The van der Waals surface area contributed by atoms with E-state index in [0.29, 0.717) is 5.82 Å². The van der Waals surface area contributed by atoms with Crippen LogP contribution in [0.15, 0.2) is 261 Å². The molecule has 0 bridgehead atoms. The molecule has 11 aromatic carbocycles. The van der Waals surface area contributed by atoms with Crippen molar-refractivity contribution < 1.29 is 0 Å². The number of hydrogen-bond donors (Lipinski definition) is 0. The molecule has 0 amide bonds. The van der Waals surface area contributed by atoms with Crippen LogP contribution in [0.5, 0.6) is 0 Å². The zero-order chi connectivity index (χ0) is 50.7. The Bertz CT molecular complexity index is 4950. The van der Waals surface area contributed by atoms with Crippen LogP contribution in [0, 0.1) is 6.92 Å². The Morgan fingerprint density at radius 3 is 1.35 bits per heavy atom. The highest BCUT2D eigenvalue weighted by molar-refractivity contribution is 6.31. The van der Waals surface area contributed by atoms with Crippen molar-refractivity contribution in [2.24, 2.45) is 0 Å². The molecule has 0 saturated heterocycles. The highest BCUT2D eigenvalue weighted by Gasteiger charge is 2.29. The third-order valence-corrected chi connectivity index (χ3v) is 15.9. The molecule has 0 aliphatic carbocycles. The first-order valence-corrected chi connectivity index (χ1v) is 26.3. The Hall–Kier alpha value is -10.3. The maximum Gasteiger partial charge on any atom is 0.160 e. The van der Waals surface area contributed by atoms with Gasteiger partial charge in [0, 0.05) is 82.5 Å². The summed E-state index contributed by atoms with van der Waals surface area (Å²) in [4.78, 5) is 10.9. The maximum absolute atomic E-state index is 5.63. The van der Waals surface area contributed by atoms with Crippen molar-refractivity contribution in [3.8, 4) is 56.7 Å². The van der Waals surface area contributed by atoms with E-state index in [-0.39, 0.29) is 0 Å². The third kappa shape index (κ3) is 6.36. The first kappa shape index (κ1) is 43.1. The first-order chi connectivity index (χ1) is 38.2. The molecule has 6 heteroatoms. The second-order valence-electron chi connectivity index (χ2n) is 20.1. The number of hydrogen-bond acceptors (Lipinski definition) is 2. The number of fused-ring (bicyclic) bond motifs is 14. The molecule has 5 aromatic heterocycles. The smallest absolute Gasteiger partial charge is 0.160 e. The van der Waals surface area contributed by atoms with Gasteiger partial charge in [-0.05, 0) is 97.4 Å². The van der Waals surface area contributed by atoms with Gasteiger partial charge in [0.2, 0.25) is 0 Å². The standard InChI is InChI=1S/C71H46N6/c1-45-64-56-43-51(74-60-37-21-18-34-54(60)66-63(74)42-40-53-52-33-17-20-36-59(52)75(68(53)66)48-27-11-4-12-28-48)39-41-62(56)77(50-31-15-6-16-32-50)69(64)67-55-35-19-22-38-61(55)76(49-29-13-5-14-30-49)70(67)65(45)58-44-57(46-23-7-2-8-24-46)72-71(73-58)47-25-9-3-10-26-47/h2-44H,1H3. The van der Waals surface area contributed by atoms with E-state index in [1.165, 1.54) is 43.4 Å². The molecule has 0 unspecified atom stereocenters. The van der Waals surface area contributed by atoms with Gasteiger partial charge in [0.25, 0.3) is 0 Å². The molecule has 0 aliphatic rings. The number of aryl methyl sites for hydroxylation is 1. The second kappa shape index (κ2) is 16.9. The monoisotopic (exact) mass is 982 g/mol. The van der Waals surface area contributed by atoms with Crippen LogP contribution in [0.3, 0.4) is 0 Å². The minimum atomic E-state index is 0.678. The van der Waals surface area contributed by atoms with Crippen molar-refractivity contribution in [3.05, 3.63) is 266 Å². The van der Waals surface area contributed by atoms with Gasteiger partial charge in [-0.25, -0.2) is 9.97 Å². The van der Waals surface area contributed by atoms with E-state index in [1.54, 1.807) is 0 Å². The van der Waals surface area contributed by atoms with Gasteiger partial charge in [0.1, 0.15) is 0 Å². The number of rotatable bonds is 7. The quantitative estimate of drug-likeness (QED) is 0.160. The number of aromatic nitrogens is 6. The fraction of sp³-hybridized carbons (Fsp3) is 0.0141. The van der Waals surface area contributed by atoms with Crippen molar-refractivity contribution in [3.63, 3.8) is 0 Å². The third-order valence-electron chi connectivity index (χ3n) is 15.9. The predicted molar refractivity (Wildman–Crippen MR) is 320 cm³/mol. The van der Waals surface area contributed by atoms with Crippen molar-refractivity contribution >= 4 is 87.2 Å². The molecule has 5 heterocycles. The Balaban J connectivity index is 1.08. The van der Waals surface area contributed by atoms with E-state index in [0.717, 1.165) is 100 Å². The van der Waals surface area contributed by atoms with Gasteiger partial charge in [-0.3, -0.25) is 0 Å². The van der Waals surface area contributed by atoms with Gasteiger partial charge in [-0.15, -0.1) is 0 Å². The van der Waals surface area contributed by atoms with Gasteiger partial charge in [-0.2, -0.15) is 0 Å². The molecule has 0 fully saturated rings. The SMILES string of the molecule is Cc1c(-c2cc(-c3ccccc3)nc(-c3ccccc3)n2)c2c(c3ccccc3n2-c2ccccc2)c2c1c1cc(-n3c4ccccc4c4c3ccc3c5ccccc5n(-c5ccccc5)c34)ccc1n2-c1ccccc1. The summed E-state index contributed by atoms with van der Waals surface area (Å²) in [5.41, 5.74) is 19.5. The molecule has 16 rings (SSSR count). The molecule has 16 aromatic rings. The van der Waals surface area contributed by atoms with Crippen LogP contribution >= 0.6 is 0 Å². The van der Waals surface area contributed by atoms with Crippen molar-refractivity contribution in [2.75, 3.05) is 0 Å². The van der Waals surface area contributed by atoms with E-state index in [9.17, 15) is 0 Å². The molecule has 0 N–H and O–H groups in total. The normalized spacial score (nSPS) is 12.0. The molecule has 0 atom stereocenters. The van der Waals surface area contributed by atoms with Gasteiger partial charge in [0.15, 0.2) is 5.82 Å². The lowest BCUT2D eigenvalue weighted by Gasteiger charge is -2.17. The van der Waals surface area contributed by atoms with Crippen LogP contribution in [0.2, 0.25) is 0 Å². The Kier molecular flexibility index (Phi) is 9.45. The fourth-order valence-corrected chi connectivity index (χ4v) is 12.7. The molecule has 77 heavy (non-hydrogen) atoms. The molecule has 0 aliphatic heterocycles. The average Bonchev–Trinajstić information content (AvgIpc) is 4.44. The molecular weight excluding hydrogens is 937 g/mol. The van der Waals surface area contributed by atoms with Crippen molar-refractivity contribution in [1.29, 1.82) is 0 Å². The summed E-state index contributed by atoms with van der Waals surface area (Å²) in [6.45, 7) is 2.32. The number of para-hydroxylation sites is 6. The largest absolute Gasteiger partial charge is 0.309 e. The van der Waals surface area contributed by atoms with E-state index < -0.39 is 0 Å². The average molecular weight is 983 g/mol. The van der Waals surface area contributed by atoms with Crippen LogP contribution < -0.4 is 0 Å². The highest BCUT2D eigenvalue weighted by atomic mass is 15.0. The number of nitrogens with zero attached hydrogens (tertiary/aromatic N) is 6. The Morgan fingerprint density at radius 1 is 0.273 bits per heavy atom. The zero-order valence-electron chi connectivity index (χ0n) is 42.0. The maximum atomic E-state index is 5.63. The summed E-state index contributed by atoms with van der Waals surface area (Å²) in [5.74, 6) is 0.678. The van der Waals surface area contributed by atoms with Crippen LogP contribution in [0.4, 0.5) is 0 Å². The molecule has 0 saturated carbocycles. The molecule has 0 radical (unpaired) electrons. The first-order valence-electron chi connectivity index (χ1n) is 26.3. The van der Waals surface area contributed by atoms with Crippen molar-refractivity contribution in [1.82, 2.24) is 28.2 Å². The predicted octanol–water partition coefficient (Wildman–Crippen LogP) is 18.2.